The van der Waals surface area contributed by atoms with Gasteiger partial charge in [0.15, 0.2) is 0 Å². The van der Waals surface area contributed by atoms with Gasteiger partial charge in [0.2, 0.25) is 11.6 Å². The Hall–Kier alpha value is -1.92. The zero-order valence-corrected chi connectivity index (χ0v) is 12.3. The van der Waals surface area contributed by atoms with Crippen LogP contribution in [0.2, 0.25) is 0 Å². The molecule has 0 fully saturated rings. The SMILES string of the molecule is CCCNc1ncnc(NC(CC)CCC)c1[N+](=O)[O-]. The Morgan fingerprint density at radius 1 is 1.25 bits per heavy atom. The van der Waals surface area contributed by atoms with E-state index in [1.807, 2.05) is 6.92 Å². The first-order valence-corrected chi connectivity index (χ1v) is 7.13. The van der Waals surface area contributed by atoms with E-state index in [0.29, 0.717) is 12.4 Å². The second-order valence-corrected chi connectivity index (χ2v) is 4.64. The molecule has 1 atom stereocenters. The zero-order chi connectivity index (χ0) is 15.0. The van der Waals surface area contributed by atoms with Crippen LogP contribution >= 0.6 is 0 Å². The van der Waals surface area contributed by atoms with Crippen molar-refractivity contribution >= 4 is 17.3 Å². The van der Waals surface area contributed by atoms with Gasteiger partial charge in [-0.3, -0.25) is 10.1 Å². The van der Waals surface area contributed by atoms with E-state index in [1.54, 1.807) is 0 Å². The highest BCUT2D eigenvalue weighted by atomic mass is 16.6. The smallest absolute Gasteiger partial charge is 0.353 e. The summed E-state index contributed by atoms with van der Waals surface area (Å²) in [4.78, 5) is 18.9. The lowest BCUT2D eigenvalue weighted by atomic mass is 10.1. The van der Waals surface area contributed by atoms with E-state index in [4.69, 9.17) is 0 Å². The first-order valence-electron chi connectivity index (χ1n) is 7.13. The molecule has 1 rings (SSSR count). The molecular weight excluding hydrogens is 258 g/mol. The third-order valence-electron chi connectivity index (χ3n) is 3.02. The zero-order valence-electron chi connectivity index (χ0n) is 12.3. The first-order chi connectivity index (χ1) is 9.63. The van der Waals surface area contributed by atoms with E-state index < -0.39 is 4.92 Å². The van der Waals surface area contributed by atoms with Gasteiger partial charge in [0.1, 0.15) is 6.33 Å². The Bertz CT molecular complexity index is 439. The van der Waals surface area contributed by atoms with Crippen molar-refractivity contribution in [2.75, 3.05) is 17.2 Å². The summed E-state index contributed by atoms with van der Waals surface area (Å²) in [6, 6.07) is 0.188. The molecule has 7 heteroatoms. The third kappa shape index (κ3) is 4.32. The van der Waals surface area contributed by atoms with Crippen LogP contribution in [-0.4, -0.2) is 27.5 Å². The Morgan fingerprint density at radius 3 is 2.50 bits per heavy atom. The quantitative estimate of drug-likeness (QED) is 0.533. The highest BCUT2D eigenvalue weighted by molar-refractivity contribution is 5.69. The van der Waals surface area contributed by atoms with E-state index in [9.17, 15) is 10.1 Å². The average molecular weight is 281 g/mol. The van der Waals surface area contributed by atoms with Crippen LogP contribution in [0, 0.1) is 10.1 Å². The number of rotatable bonds is 9. The Morgan fingerprint density at radius 2 is 1.95 bits per heavy atom. The molecule has 0 bridgehead atoms. The second-order valence-electron chi connectivity index (χ2n) is 4.64. The lowest BCUT2D eigenvalue weighted by Crippen LogP contribution is -2.20. The van der Waals surface area contributed by atoms with Crippen LogP contribution in [-0.2, 0) is 0 Å². The lowest BCUT2D eigenvalue weighted by Gasteiger charge is -2.17. The largest absolute Gasteiger partial charge is 0.364 e. The van der Waals surface area contributed by atoms with Gasteiger partial charge in [-0.2, -0.15) is 0 Å². The number of nitrogens with one attached hydrogen (secondary N) is 2. The summed E-state index contributed by atoms with van der Waals surface area (Å²) in [5.74, 6) is 0.574. The highest BCUT2D eigenvalue weighted by Gasteiger charge is 2.23. The standard InChI is InChI=1S/C13H23N5O2/c1-4-7-10(6-3)17-13-11(18(19)20)12(14-8-5-2)15-9-16-13/h9-10H,4-8H2,1-3H3,(H2,14,15,16,17). The van der Waals surface area contributed by atoms with Gasteiger partial charge in [-0.05, 0) is 19.3 Å². The van der Waals surface area contributed by atoms with Crippen molar-refractivity contribution in [3.05, 3.63) is 16.4 Å². The third-order valence-corrected chi connectivity index (χ3v) is 3.02. The molecular formula is C13H23N5O2. The summed E-state index contributed by atoms with van der Waals surface area (Å²) < 4.78 is 0. The molecule has 2 N–H and O–H groups in total. The van der Waals surface area contributed by atoms with Crippen molar-refractivity contribution in [3.63, 3.8) is 0 Å². The topological polar surface area (TPSA) is 93.0 Å². The van der Waals surface area contributed by atoms with Gasteiger partial charge in [-0.15, -0.1) is 0 Å². The van der Waals surface area contributed by atoms with E-state index in [1.165, 1.54) is 6.33 Å². The van der Waals surface area contributed by atoms with E-state index >= 15 is 0 Å². The summed E-state index contributed by atoms with van der Waals surface area (Å²) >= 11 is 0. The van der Waals surface area contributed by atoms with Crippen LogP contribution in [0.15, 0.2) is 6.33 Å². The summed E-state index contributed by atoms with van der Waals surface area (Å²) in [5.41, 5.74) is -0.0736. The minimum absolute atomic E-state index is 0.0736. The van der Waals surface area contributed by atoms with E-state index in [-0.39, 0.29) is 17.5 Å². The molecule has 0 saturated heterocycles. The molecule has 0 aromatic carbocycles. The van der Waals surface area contributed by atoms with Crippen molar-refractivity contribution in [1.82, 2.24) is 9.97 Å². The first kappa shape index (κ1) is 16.1. The van der Waals surface area contributed by atoms with Crippen LogP contribution in [0.3, 0.4) is 0 Å². The molecule has 0 aliphatic carbocycles. The van der Waals surface area contributed by atoms with E-state index in [0.717, 1.165) is 25.7 Å². The molecule has 1 aromatic heterocycles. The molecule has 20 heavy (non-hydrogen) atoms. The summed E-state index contributed by atoms with van der Waals surface area (Å²) in [6.45, 7) is 6.78. The van der Waals surface area contributed by atoms with Crippen molar-refractivity contribution in [3.8, 4) is 0 Å². The predicted octanol–water partition coefficient (Wildman–Crippen LogP) is 3.20. The van der Waals surface area contributed by atoms with Gasteiger partial charge in [0.05, 0.1) is 4.92 Å². The minimum atomic E-state index is -0.432. The number of nitrogens with zero attached hydrogens (tertiary/aromatic N) is 3. The molecule has 0 radical (unpaired) electrons. The van der Waals surface area contributed by atoms with Crippen molar-refractivity contribution in [1.29, 1.82) is 0 Å². The number of nitro groups is 1. The minimum Gasteiger partial charge on any atom is -0.364 e. The molecule has 1 unspecified atom stereocenters. The van der Waals surface area contributed by atoms with Gasteiger partial charge in [-0.1, -0.05) is 27.2 Å². The Kier molecular flexibility index (Phi) is 6.69. The molecule has 0 spiro atoms. The van der Waals surface area contributed by atoms with Crippen LogP contribution in [0.5, 0.6) is 0 Å². The lowest BCUT2D eigenvalue weighted by molar-refractivity contribution is -0.383. The molecule has 0 aliphatic heterocycles. The van der Waals surface area contributed by atoms with Crippen molar-refractivity contribution < 1.29 is 4.92 Å². The van der Waals surface area contributed by atoms with Gasteiger partial charge < -0.3 is 10.6 Å². The molecule has 7 nitrogen and oxygen atoms in total. The average Bonchev–Trinajstić information content (AvgIpc) is 2.44. The summed E-state index contributed by atoms with van der Waals surface area (Å²) in [6.07, 6.45) is 5.09. The maximum atomic E-state index is 11.3. The number of hydrogen-bond donors (Lipinski definition) is 2. The molecule has 1 aromatic rings. The van der Waals surface area contributed by atoms with Crippen molar-refractivity contribution in [2.24, 2.45) is 0 Å². The van der Waals surface area contributed by atoms with Crippen LogP contribution < -0.4 is 10.6 Å². The van der Waals surface area contributed by atoms with Crippen LogP contribution in [0.1, 0.15) is 46.5 Å². The fourth-order valence-corrected chi connectivity index (χ4v) is 1.95. The fourth-order valence-electron chi connectivity index (χ4n) is 1.95. The Balaban J connectivity index is 3.02. The number of aromatic nitrogens is 2. The molecule has 1 heterocycles. The molecule has 0 saturated carbocycles. The summed E-state index contributed by atoms with van der Waals surface area (Å²) in [7, 11) is 0. The Labute approximate surface area is 119 Å². The second kappa shape index (κ2) is 8.29. The van der Waals surface area contributed by atoms with Gasteiger partial charge in [-0.25, -0.2) is 9.97 Å². The summed E-state index contributed by atoms with van der Waals surface area (Å²) in [5, 5.41) is 17.4. The van der Waals surface area contributed by atoms with Gasteiger partial charge >= 0.3 is 5.69 Å². The number of hydrogen-bond acceptors (Lipinski definition) is 6. The predicted molar refractivity (Wildman–Crippen MR) is 80.1 cm³/mol. The number of anilines is 2. The maximum Gasteiger partial charge on any atom is 0.353 e. The maximum absolute atomic E-state index is 11.3. The monoisotopic (exact) mass is 281 g/mol. The molecule has 0 amide bonds. The van der Waals surface area contributed by atoms with Gasteiger partial charge in [0, 0.05) is 12.6 Å². The van der Waals surface area contributed by atoms with Crippen molar-refractivity contribution in [2.45, 2.75) is 52.5 Å². The van der Waals surface area contributed by atoms with E-state index in [2.05, 4.69) is 34.4 Å². The fraction of sp³-hybridized carbons (Fsp3) is 0.692. The molecule has 112 valence electrons. The van der Waals surface area contributed by atoms with Gasteiger partial charge in [0.25, 0.3) is 0 Å². The normalized spacial score (nSPS) is 11.9. The van der Waals surface area contributed by atoms with Crippen LogP contribution in [0.25, 0.3) is 0 Å². The van der Waals surface area contributed by atoms with Crippen LogP contribution in [0.4, 0.5) is 17.3 Å². The molecule has 0 aliphatic rings. The highest BCUT2D eigenvalue weighted by Crippen LogP contribution is 2.29.